The molecule has 6 nitrogen and oxygen atoms in total. The van der Waals surface area contributed by atoms with E-state index in [2.05, 4.69) is 34.5 Å². The van der Waals surface area contributed by atoms with Crippen LogP contribution < -0.4 is 20.1 Å². The Bertz CT molecular complexity index is 556. The summed E-state index contributed by atoms with van der Waals surface area (Å²) in [5, 5.41) is 6.76. The second-order valence-electron chi connectivity index (χ2n) is 6.62. The lowest BCUT2D eigenvalue weighted by molar-refractivity contribution is 0.229. The molecule has 0 radical (unpaired) electrons. The predicted octanol–water partition coefficient (Wildman–Crippen LogP) is 2.59. The number of nitrogens with zero attached hydrogens (tertiary/aromatic N) is 2. The number of halogens is 1. The molecule has 2 rings (SSSR count). The zero-order valence-electron chi connectivity index (χ0n) is 16.3. The summed E-state index contributed by atoms with van der Waals surface area (Å²) in [7, 11) is 3.83. The first-order valence-electron chi connectivity index (χ1n) is 9.12. The van der Waals surface area contributed by atoms with Gasteiger partial charge in [0.2, 0.25) is 0 Å². The molecular weight excluding hydrogens is 443 g/mol. The summed E-state index contributed by atoms with van der Waals surface area (Å²) in [6.45, 7) is 8.85. The van der Waals surface area contributed by atoms with Crippen molar-refractivity contribution in [3.05, 3.63) is 24.3 Å². The highest BCUT2D eigenvalue weighted by molar-refractivity contribution is 14.0. The quantitative estimate of drug-likeness (QED) is 0.343. The minimum absolute atomic E-state index is 0. The van der Waals surface area contributed by atoms with Crippen LogP contribution in [0.5, 0.6) is 11.5 Å². The van der Waals surface area contributed by atoms with Crippen molar-refractivity contribution in [1.29, 1.82) is 0 Å². The SMILES string of the molecule is CCNC(=NCC(C)Oc1cccc(OC)c1)NCC1CCN(C)C1.I. The average molecular weight is 476 g/mol. The van der Waals surface area contributed by atoms with Crippen LogP contribution in [0.1, 0.15) is 20.3 Å². The monoisotopic (exact) mass is 476 g/mol. The number of ether oxygens (including phenoxy) is 2. The minimum atomic E-state index is -0.0137. The molecule has 0 spiro atoms. The van der Waals surface area contributed by atoms with Gasteiger partial charge in [-0.1, -0.05) is 6.07 Å². The summed E-state index contributed by atoms with van der Waals surface area (Å²) in [5.74, 6) is 3.15. The summed E-state index contributed by atoms with van der Waals surface area (Å²) >= 11 is 0. The van der Waals surface area contributed by atoms with Crippen LogP contribution in [-0.2, 0) is 0 Å². The van der Waals surface area contributed by atoms with E-state index in [0.717, 1.165) is 37.1 Å². The Hall–Kier alpha value is -1.22. The second kappa shape index (κ2) is 12.2. The van der Waals surface area contributed by atoms with Crippen molar-refractivity contribution >= 4 is 29.9 Å². The first-order chi connectivity index (χ1) is 12.1. The van der Waals surface area contributed by atoms with E-state index in [0.29, 0.717) is 12.5 Å². The van der Waals surface area contributed by atoms with E-state index in [1.165, 1.54) is 13.0 Å². The number of aliphatic imine (C=N–C) groups is 1. The molecular formula is C19H33IN4O2. The molecule has 0 aliphatic carbocycles. The van der Waals surface area contributed by atoms with Crippen molar-refractivity contribution in [2.75, 3.05) is 46.9 Å². The van der Waals surface area contributed by atoms with Gasteiger partial charge in [-0.15, -0.1) is 24.0 Å². The largest absolute Gasteiger partial charge is 0.497 e. The number of rotatable bonds is 8. The Labute approximate surface area is 174 Å². The van der Waals surface area contributed by atoms with E-state index in [-0.39, 0.29) is 30.1 Å². The van der Waals surface area contributed by atoms with Gasteiger partial charge in [-0.2, -0.15) is 0 Å². The lowest BCUT2D eigenvalue weighted by Gasteiger charge is -2.17. The molecule has 26 heavy (non-hydrogen) atoms. The first-order valence-corrected chi connectivity index (χ1v) is 9.12. The molecule has 0 saturated carbocycles. The molecule has 1 aromatic rings. The summed E-state index contributed by atoms with van der Waals surface area (Å²) in [6, 6.07) is 7.65. The summed E-state index contributed by atoms with van der Waals surface area (Å²) in [4.78, 5) is 7.03. The molecule has 7 heteroatoms. The third kappa shape index (κ3) is 7.99. The van der Waals surface area contributed by atoms with E-state index in [9.17, 15) is 0 Å². The Balaban J connectivity index is 0.00000338. The van der Waals surface area contributed by atoms with Gasteiger partial charge in [-0.05, 0) is 51.9 Å². The number of hydrogen-bond donors (Lipinski definition) is 2. The molecule has 2 N–H and O–H groups in total. The van der Waals surface area contributed by atoms with E-state index in [1.807, 2.05) is 31.2 Å². The van der Waals surface area contributed by atoms with E-state index in [1.54, 1.807) is 7.11 Å². The van der Waals surface area contributed by atoms with Gasteiger partial charge in [0.25, 0.3) is 0 Å². The summed E-state index contributed by atoms with van der Waals surface area (Å²) < 4.78 is 11.2. The average Bonchev–Trinajstić information content (AvgIpc) is 3.03. The van der Waals surface area contributed by atoms with E-state index in [4.69, 9.17) is 9.47 Å². The Kier molecular flexibility index (Phi) is 10.7. The molecule has 1 aliphatic rings. The Morgan fingerprint density at radius 1 is 1.35 bits per heavy atom. The third-order valence-electron chi connectivity index (χ3n) is 4.28. The van der Waals surface area contributed by atoms with Gasteiger partial charge in [-0.3, -0.25) is 0 Å². The normalized spacial score (nSPS) is 18.8. The highest BCUT2D eigenvalue weighted by Crippen LogP contribution is 2.20. The zero-order valence-corrected chi connectivity index (χ0v) is 18.7. The molecule has 0 aromatic heterocycles. The van der Waals surface area contributed by atoms with Crippen LogP contribution in [-0.4, -0.2) is 63.8 Å². The standard InChI is InChI=1S/C19H32N4O2.HI/c1-5-20-19(22-13-16-9-10-23(3)14-16)21-12-15(2)25-18-8-6-7-17(11-18)24-4;/h6-8,11,15-16H,5,9-10,12-14H2,1-4H3,(H2,20,21,22);1H. The highest BCUT2D eigenvalue weighted by Gasteiger charge is 2.19. The predicted molar refractivity (Wildman–Crippen MR) is 118 cm³/mol. The maximum Gasteiger partial charge on any atom is 0.191 e. The van der Waals surface area contributed by atoms with Gasteiger partial charge < -0.3 is 25.0 Å². The molecule has 1 aromatic carbocycles. The summed E-state index contributed by atoms with van der Waals surface area (Å²) in [5.41, 5.74) is 0. The van der Waals surface area contributed by atoms with Crippen LogP contribution >= 0.6 is 24.0 Å². The highest BCUT2D eigenvalue weighted by atomic mass is 127. The lowest BCUT2D eigenvalue weighted by Crippen LogP contribution is -2.40. The van der Waals surface area contributed by atoms with Crippen LogP contribution in [0.3, 0.4) is 0 Å². The number of guanidine groups is 1. The molecule has 2 unspecified atom stereocenters. The number of benzene rings is 1. The Morgan fingerprint density at radius 2 is 2.12 bits per heavy atom. The van der Waals surface area contributed by atoms with Gasteiger partial charge >= 0.3 is 0 Å². The van der Waals surface area contributed by atoms with Crippen LogP contribution in [0.15, 0.2) is 29.3 Å². The first kappa shape index (κ1) is 22.8. The molecule has 1 fully saturated rings. The lowest BCUT2D eigenvalue weighted by atomic mass is 10.1. The third-order valence-corrected chi connectivity index (χ3v) is 4.28. The minimum Gasteiger partial charge on any atom is -0.497 e. The van der Waals surface area contributed by atoms with Crippen LogP contribution in [0.25, 0.3) is 0 Å². The second-order valence-corrected chi connectivity index (χ2v) is 6.62. The molecule has 1 saturated heterocycles. The van der Waals surface area contributed by atoms with Crippen molar-refractivity contribution in [2.24, 2.45) is 10.9 Å². The maximum absolute atomic E-state index is 5.93. The summed E-state index contributed by atoms with van der Waals surface area (Å²) in [6.07, 6.45) is 1.23. The fraction of sp³-hybridized carbons (Fsp3) is 0.632. The molecule has 0 amide bonds. The fourth-order valence-corrected chi connectivity index (χ4v) is 2.94. The number of methoxy groups -OCH3 is 1. The molecule has 2 atom stereocenters. The van der Waals surface area contributed by atoms with Crippen molar-refractivity contribution in [3.63, 3.8) is 0 Å². The molecule has 148 valence electrons. The van der Waals surface area contributed by atoms with Gasteiger partial charge in [0.05, 0.1) is 13.7 Å². The van der Waals surface area contributed by atoms with E-state index < -0.39 is 0 Å². The van der Waals surface area contributed by atoms with Crippen molar-refractivity contribution in [1.82, 2.24) is 15.5 Å². The van der Waals surface area contributed by atoms with Gasteiger partial charge in [0.1, 0.15) is 17.6 Å². The van der Waals surface area contributed by atoms with Crippen molar-refractivity contribution in [3.8, 4) is 11.5 Å². The van der Waals surface area contributed by atoms with Crippen LogP contribution in [0.2, 0.25) is 0 Å². The van der Waals surface area contributed by atoms with Crippen molar-refractivity contribution in [2.45, 2.75) is 26.4 Å². The van der Waals surface area contributed by atoms with Crippen LogP contribution in [0.4, 0.5) is 0 Å². The van der Waals surface area contributed by atoms with Gasteiger partial charge in [0, 0.05) is 25.7 Å². The number of nitrogens with one attached hydrogen (secondary N) is 2. The van der Waals surface area contributed by atoms with E-state index >= 15 is 0 Å². The fourth-order valence-electron chi connectivity index (χ4n) is 2.94. The maximum atomic E-state index is 5.93. The van der Waals surface area contributed by atoms with Crippen LogP contribution in [0, 0.1) is 5.92 Å². The number of hydrogen-bond acceptors (Lipinski definition) is 4. The van der Waals surface area contributed by atoms with Crippen molar-refractivity contribution < 1.29 is 9.47 Å². The smallest absolute Gasteiger partial charge is 0.191 e. The molecule has 1 aliphatic heterocycles. The zero-order chi connectivity index (χ0) is 18.1. The Morgan fingerprint density at radius 3 is 2.77 bits per heavy atom. The topological polar surface area (TPSA) is 58.1 Å². The van der Waals surface area contributed by atoms with Gasteiger partial charge in [0.15, 0.2) is 5.96 Å². The van der Waals surface area contributed by atoms with Gasteiger partial charge in [-0.25, -0.2) is 4.99 Å². The number of likely N-dealkylation sites (tertiary alicyclic amines) is 1. The molecule has 1 heterocycles. The molecule has 0 bridgehead atoms.